The van der Waals surface area contributed by atoms with Gasteiger partial charge in [-0.2, -0.15) is 0 Å². The summed E-state index contributed by atoms with van der Waals surface area (Å²) >= 11 is 6.21. The van der Waals surface area contributed by atoms with E-state index in [1.165, 1.54) is 22.8 Å². The fourth-order valence-electron chi connectivity index (χ4n) is 1.65. The molecular weight excluding hydrogens is 255 g/mol. The second kappa shape index (κ2) is 4.23. The van der Waals surface area contributed by atoms with Crippen LogP contribution < -0.4 is 0 Å². The zero-order chi connectivity index (χ0) is 12.5. The van der Waals surface area contributed by atoms with Crippen molar-refractivity contribution in [3.8, 4) is 0 Å². The van der Waals surface area contributed by atoms with Gasteiger partial charge in [-0.15, -0.1) is 13.2 Å². The number of halogens is 4. The van der Waals surface area contributed by atoms with Crippen LogP contribution >= 0.6 is 11.6 Å². The third-order valence-electron chi connectivity index (χ3n) is 2.39. The molecule has 0 bridgehead atoms. The summed E-state index contributed by atoms with van der Waals surface area (Å²) in [7, 11) is 0. The van der Waals surface area contributed by atoms with Crippen LogP contribution in [0.3, 0.4) is 0 Å². The Hall–Kier alpha value is -1.20. The molecule has 1 aromatic heterocycles. The summed E-state index contributed by atoms with van der Waals surface area (Å²) in [6.45, 7) is 0. The lowest BCUT2D eigenvalue weighted by Crippen LogP contribution is -2.42. The van der Waals surface area contributed by atoms with Gasteiger partial charge in [-0.25, -0.2) is 0 Å². The van der Waals surface area contributed by atoms with Crippen molar-refractivity contribution < 1.29 is 17.9 Å². The molecule has 2 nitrogen and oxygen atoms in total. The molecule has 6 heteroatoms. The number of hydrogen-bond donors (Lipinski definition) is 0. The Labute approximate surface area is 101 Å². The van der Waals surface area contributed by atoms with Crippen LogP contribution in [-0.2, 0) is 9.73 Å². The van der Waals surface area contributed by atoms with Crippen molar-refractivity contribution in [3.05, 3.63) is 48.8 Å². The van der Waals surface area contributed by atoms with Gasteiger partial charge in [-0.1, -0.05) is 29.8 Å². The summed E-state index contributed by atoms with van der Waals surface area (Å²) in [4.78, 5) is -1.40. The van der Waals surface area contributed by atoms with Crippen LogP contribution in [0.5, 0.6) is 0 Å². The highest BCUT2D eigenvalue weighted by Gasteiger charge is 2.44. The van der Waals surface area contributed by atoms with E-state index in [4.69, 9.17) is 11.6 Å². The molecule has 0 fully saturated rings. The monoisotopic (exact) mass is 263 g/mol. The first-order valence-electron chi connectivity index (χ1n) is 4.85. The van der Waals surface area contributed by atoms with E-state index in [0.29, 0.717) is 0 Å². The Morgan fingerprint density at radius 2 is 1.82 bits per heavy atom. The first-order chi connectivity index (χ1) is 7.92. The predicted molar refractivity (Wildman–Crippen MR) is 57.5 cm³/mol. The minimum Gasteiger partial charge on any atom is -0.329 e. The second-order valence-corrected chi connectivity index (χ2v) is 4.15. The van der Waals surface area contributed by atoms with Gasteiger partial charge in [0.2, 0.25) is 0 Å². The van der Waals surface area contributed by atoms with Gasteiger partial charge in [0, 0.05) is 12.4 Å². The summed E-state index contributed by atoms with van der Waals surface area (Å²) in [6.07, 6.45) is 2.94. The largest absolute Gasteiger partial charge is 0.523 e. The first-order valence-corrected chi connectivity index (χ1v) is 5.22. The van der Waals surface area contributed by atoms with Crippen LogP contribution in [0.15, 0.2) is 48.8 Å². The molecule has 0 saturated heterocycles. The molecule has 2 rings (SSSR count). The zero-order valence-electron chi connectivity index (χ0n) is 8.56. The summed E-state index contributed by atoms with van der Waals surface area (Å²) in [6, 6.07) is 3.36. The van der Waals surface area contributed by atoms with Crippen molar-refractivity contribution in [2.24, 2.45) is 0 Å². The third kappa shape index (κ3) is 2.56. The van der Waals surface area contributed by atoms with Gasteiger partial charge in [0.25, 0.3) is 0 Å². The lowest BCUT2D eigenvalue weighted by molar-refractivity contribution is -0.341. The second-order valence-electron chi connectivity index (χ2n) is 3.55. The molecule has 1 heterocycles. The standard InChI is InChI=1S/C11H9ClF3NO/c12-10(16-7-3-4-8-16)6-2-1-5-9(10)17-11(13,14)15/h1-9H. The van der Waals surface area contributed by atoms with Crippen molar-refractivity contribution in [2.45, 2.75) is 17.5 Å². The Balaban J connectivity index is 2.31. The Bertz CT molecular complexity index is 438. The number of rotatable bonds is 2. The number of nitrogens with zero attached hydrogens (tertiary/aromatic N) is 1. The minimum absolute atomic E-state index is 1.28. The van der Waals surface area contributed by atoms with E-state index < -0.39 is 17.5 Å². The number of alkyl halides is 4. The highest BCUT2D eigenvalue weighted by Crippen LogP contribution is 2.37. The highest BCUT2D eigenvalue weighted by atomic mass is 35.5. The smallest absolute Gasteiger partial charge is 0.329 e. The SMILES string of the molecule is FC(F)(F)OC1C=CC=CC1(Cl)n1cccc1. The topological polar surface area (TPSA) is 14.2 Å². The van der Waals surface area contributed by atoms with E-state index >= 15 is 0 Å². The summed E-state index contributed by atoms with van der Waals surface area (Å²) in [5.41, 5.74) is 0. The molecule has 17 heavy (non-hydrogen) atoms. The van der Waals surface area contributed by atoms with Gasteiger partial charge in [-0.3, -0.25) is 4.74 Å². The van der Waals surface area contributed by atoms with E-state index in [1.807, 2.05) is 0 Å². The minimum atomic E-state index is -4.73. The number of ether oxygens (including phenoxy) is 1. The van der Waals surface area contributed by atoms with Crippen molar-refractivity contribution in [3.63, 3.8) is 0 Å². The average Bonchev–Trinajstić information content (AvgIpc) is 2.73. The molecular formula is C11H9ClF3NO. The fourth-order valence-corrected chi connectivity index (χ4v) is 1.95. The van der Waals surface area contributed by atoms with Gasteiger partial charge in [0.15, 0.2) is 5.00 Å². The lowest BCUT2D eigenvalue weighted by atomic mass is 10.0. The van der Waals surface area contributed by atoms with E-state index in [1.54, 1.807) is 30.6 Å². The third-order valence-corrected chi connectivity index (χ3v) is 2.92. The summed E-state index contributed by atoms with van der Waals surface area (Å²) in [5, 5.41) is 0. The fraction of sp³-hybridized carbons (Fsp3) is 0.273. The molecule has 1 aliphatic rings. The normalized spacial score (nSPS) is 28.6. The molecule has 2 atom stereocenters. The van der Waals surface area contributed by atoms with Crippen LogP contribution in [0.1, 0.15) is 0 Å². The van der Waals surface area contributed by atoms with E-state index in [-0.39, 0.29) is 0 Å². The molecule has 92 valence electrons. The molecule has 1 aromatic rings. The number of allylic oxidation sites excluding steroid dienone is 2. The van der Waals surface area contributed by atoms with Gasteiger partial charge < -0.3 is 4.57 Å². The van der Waals surface area contributed by atoms with E-state index in [0.717, 1.165) is 0 Å². The summed E-state index contributed by atoms with van der Waals surface area (Å²) in [5.74, 6) is 0. The van der Waals surface area contributed by atoms with Crippen LogP contribution in [0, 0.1) is 0 Å². The highest BCUT2D eigenvalue weighted by molar-refractivity contribution is 6.24. The average molecular weight is 264 g/mol. The molecule has 0 radical (unpaired) electrons. The molecule has 1 aliphatic carbocycles. The van der Waals surface area contributed by atoms with Crippen molar-refractivity contribution in [2.75, 3.05) is 0 Å². The molecule has 0 N–H and O–H groups in total. The zero-order valence-corrected chi connectivity index (χ0v) is 9.32. The van der Waals surface area contributed by atoms with Gasteiger partial charge in [0.1, 0.15) is 6.10 Å². The van der Waals surface area contributed by atoms with Crippen LogP contribution in [0.25, 0.3) is 0 Å². The predicted octanol–water partition coefficient (Wildman–Crippen LogP) is 3.41. The van der Waals surface area contributed by atoms with Crippen LogP contribution in [0.4, 0.5) is 13.2 Å². The molecule has 0 saturated carbocycles. The Morgan fingerprint density at radius 3 is 2.41 bits per heavy atom. The molecule has 0 aromatic carbocycles. The first kappa shape index (κ1) is 12.3. The van der Waals surface area contributed by atoms with E-state index in [9.17, 15) is 13.2 Å². The molecule has 2 unspecified atom stereocenters. The maximum Gasteiger partial charge on any atom is 0.523 e. The van der Waals surface area contributed by atoms with Crippen molar-refractivity contribution in [1.82, 2.24) is 4.57 Å². The summed E-state index contributed by atoms with van der Waals surface area (Å²) < 4.78 is 42.3. The van der Waals surface area contributed by atoms with Gasteiger partial charge in [0.05, 0.1) is 0 Å². The van der Waals surface area contributed by atoms with Crippen LogP contribution in [0.2, 0.25) is 0 Å². The molecule has 0 spiro atoms. The quantitative estimate of drug-likeness (QED) is 0.746. The maximum absolute atomic E-state index is 12.3. The van der Waals surface area contributed by atoms with Gasteiger partial charge in [-0.05, 0) is 18.2 Å². The number of hydrogen-bond acceptors (Lipinski definition) is 1. The van der Waals surface area contributed by atoms with E-state index in [2.05, 4.69) is 4.74 Å². The maximum atomic E-state index is 12.3. The van der Waals surface area contributed by atoms with Crippen molar-refractivity contribution in [1.29, 1.82) is 0 Å². The molecule has 0 amide bonds. The van der Waals surface area contributed by atoms with Crippen molar-refractivity contribution >= 4 is 11.6 Å². The number of aromatic nitrogens is 1. The van der Waals surface area contributed by atoms with Gasteiger partial charge >= 0.3 is 6.36 Å². The Kier molecular flexibility index (Phi) is 3.05. The molecule has 0 aliphatic heterocycles. The van der Waals surface area contributed by atoms with Crippen LogP contribution in [-0.4, -0.2) is 17.0 Å². The lowest BCUT2D eigenvalue weighted by Gasteiger charge is -2.34. The Morgan fingerprint density at radius 1 is 1.18 bits per heavy atom.